The molecule has 1 aromatic rings. The molecular weight excluding hydrogens is 300 g/mol. The van der Waals surface area contributed by atoms with Crippen LogP contribution >= 0.6 is 11.8 Å². The van der Waals surface area contributed by atoms with E-state index in [0.717, 1.165) is 37.2 Å². The van der Waals surface area contributed by atoms with Crippen LogP contribution in [0.3, 0.4) is 0 Å². The fourth-order valence-electron chi connectivity index (χ4n) is 2.70. The first kappa shape index (κ1) is 15.2. The Kier molecular flexibility index (Phi) is 4.29. The molecule has 1 aromatic heterocycles. The van der Waals surface area contributed by atoms with Crippen molar-refractivity contribution >= 4 is 34.9 Å². The zero-order valence-electron chi connectivity index (χ0n) is 12.9. The number of anilines is 1. The fraction of sp³-hybridized carbons (Fsp3) is 0.500. The monoisotopic (exact) mass is 320 g/mol. The van der Waals surface area contributed by atoms with E-state index in [9.17, 15) is 9.59 Å². The van der Waals surface area contributed by atoms with Crippen molar-refractivity contribution in [3.8, 4) is 0 Å². The van der Waals surface area contributed by atoms with Gasteiger partial charge in [-0.2, -0.15) is 0 Å². The molecule has 2 amide bonds. The third-order valence-electron chi connectivity index (χ3n) is 4.16. The highest BCUT2D eigenvalue weighted by Gasteiger charge is 2.37. The van der Waals surface area contributed by atoms with E-state index in [4.69, 9.17) is 4.42 Å². The van der Waals surface area contributed by atoms with Gasteiger partial charge in [0.1, 0.15) is 5.76 Å². The zero-order valence-corrected chi connectivity index (χ0v) is 13.7. The van der Waals surface area contributed by atoms with Gasteiger partial charge in [-0.1, -0.05) is 6.92 Å². The van der Waals surface area contributed by atoms with Crippen LogP contribution < -0.4 is 4.90 Å². The average Bonchev–Trinajstić information content (AvgIpc) is 3.21. The molecule has 2 aliphatic rings. The van der Waals surface area contributed by atoms with E-state index in [1.807, 2.05) is 26.0 Å². The molecule has 6 heteroatoms. The normalized spacial score (nSPS) is 22.2. The van der Waals surface area contributed by atoms with Crippen molar-refractivity contribution in [2.75, 3.05) is 18.0 Å². The topological polar surface area (TPSA) is 53.8 Å². The molecule has 0 radical (unpaired) electrons. The Bertz CT molecular complexity index is 617. The van der Waals surface area contributed by atoms with Crippen LogP contribution in [0.5, 0.6) is 0 Å². The van der Waals surface area contributed by atoms with Crippen LogP contribution in [-0.2, 0) is 4.79 Å². The number of hydrogen-bond donors (Lipinski definition) is 0. The summed E-state index contributed by atoms with van der Waals surface area (Å²) in [5.41, 5.74) is 0. The Morgan fingerprint density at radius 3 is 2.73 bits per heavy atom. The number of nitrogens with zero attached hydrogens (tertiary/aromatic N) is 2. The summed E-state index contributed by atoms with van der Waals surface area (Å²) in [5.74, 6) is 1.24. The molecule has 0 aromatic carbocycles. The first-order valence-electron chi connectivity index (χ1n) is 7.72. The Balaban J connectivity index is 1.78. The van der Waals surface area contributed by atoms with Crippen LogP contribution in [0.2, 0.25) is 0 Å². The highest BCUT2D eigenvalue weighted by atomic mass is 32.2. The van der Waals surface area contributed by atoms with Crippen LogP contribution in [0.1, 0.15) is 38.9 Å². The van der Waals surface area contributed by atoms with Crippen LogP contribution in [0.25, 0.3) is 6.08 Å². The van der Waals surface area contributed by atoms with Gasteiger partial charge < -0.3 is 9.32 Å². The van der Waals surface area contributed by atoms with Gasteiger partial charge in [0, 0.05) is 31.3 Å². The molecule has 3 heterocycles. The molecule has 0 saturated carbocycles. The minimum atomic E-state index is -0.219. The molecular formula is C16H20N2O3S. The van der Waals surface area contributed by atoms with Crippen molar-refractivity contribution in [1.29, 1.82) is 0 Å². The molecule has 1 atom stereocenters. The summed E-state index contributed by atoms with van der Waals surface area (Å²) < 4.78 is 5.79. The quantitative estimate of drug-likeness (QED) is 0.792. The highest BCUT2D eigenvalue weighted by Crippen LogP contribution is 2.35. The van der Waals surface area contributed by atoms with Gasteiger partial charge in [0.15, 0.2) is 5.88 Å². The summed E-state index contributed by atoms with van der Waals surface area (Å²) in [6.45, 7) is 5.87. The first-order valence-corrected chi connectivity index (χ1v) is 8.53. The lowest BCUT2D eigenvalue weighted by atomic mass is 10.2. The lowest BCUT2D eigenvalue weighted by molar-refractivity contribution is -0.124. The summed E-state index contributed by atoms with van der Waals surface area (Å²) in [7, 11) is 0. The molecule has 1 unspecified atom stereocenters. The van der Waals surface area contributed by atoms with Gasteiger partial charge in [0.25, 0.3) is 11.1 Å². The molecule has 0 spiro atoms. The molecule has 2 aliphatic heterocycles. The minimum absolute atomic E-state index is 0.0739. The van der Waals surface area contributed by atoms with Gasteiger partial charge in [0.2, 0.25) is 0 Å². The van der Waals surface area contributed by atoms with Crippen molar-refractivity contribution in [2.45, 2.75) is 39.2 Å². The fourth-order valence-corrected chi connectivity index (χ4v) is 3.61. The Hall–Kier alpha value is -1.69. The first-order chi connectivity index (χ1) is 10.6. The van der Waals surface area contributed by atoms with Gasteiger partial charge in [-0.3, -0.25) is 14.5 Å². The highest BCUT2D eigenvalue weighted by molar-refractivity contribution is 8.18. The number of carbonyl (C=O) groups excluding carboxylic acids is 2. The predicted molar refractivity (Wildman–Crippen MR) is 87.7 cm³/mol. The number of imide groups is 1. The number of amides is 2. The lowest BCUT2D eigenvalue weighted by Gasteiger charge is -2.19. The molecule has 3 rings (SSSR count). The number of rotatable bonds is 4. The predicted octanol–water partition coefficient (Wildman–Crippen LogP) is 3.71. The van der Waals surface area contributed by atoms with Gasteiger partial charge in [-0.25, -0.2) is 0 Å². The maximum Gasteiger partial charge on any atom is 0.293 e. The maximum absolute atomic E-state index is 12.3. The number of carbonyl (C=O) groups is 2. The van der Waals surface area contributed by atoms with Crippen molar-refractivity contribution in [2.24, 2.45) is 0 Å². The summed E-state index contributed by atoms with van der Waals surface area (Å²) in [5, 5.41) is -0.197. The second-order valence-corrected chi connectivity index (χ2v) is 6.67. The average molecular weight is 320 g/mol. The number of hydrogen-bond acceptors (Lipinski definition) is 5. The van der Waals surface area contributed by atoms with E-state index in [-0.39, 0.29) is 17.2 Å². The SMILES string of the molecule is CCC(C)N1C(=O)S/C(=C\c2ccc(N3CCCC3)o2)C1=O. The summed E-state index contributed by atoms with van der Waals surface area (Å²) in [6.07, 6.45) is 4.80. The molecule has 5 nitrogen and oxygen atoms in total. The number of thioether (sulfide) groups is 1. The Labute approximate surface area is 134 Å². The van der Waals surface area contributed by atoms with E-state index in [2.05, 4.69) is 4.90 Å². The van der Waals surface area contributed by atoms with E-state index in [0.29, 0.717) is 10.7 Å². The van der Waals surface area contributed by atoms with Crippen LogP contribution in [-0.4, -0.2) is 35.2 Å². The molecule has 2 saturated heterocycles. The number of furan rings is 1. The molecule has 0 aliphatic carbocycles. The maximum atomic E-state index is 12.3. The molecule has 118 valence electrons. The summed E-state index contributed by atoms with van der Waals surface area (Å²) in [6, 6.07) is 3.70. The molecule has 2 fully saturated rings. The molecule has 22 heavy (non-hydrogen) atoms. The largest absolute Gasteiger partial charge is 0.441 e. The van der Waals surface area contributed by atoms with Gasteiger partial charge in [-0.15, -0.1) is 0 Å². The van der Waals surface area contributed by atoms with Gasteiger partial charge in [-0.05, 0) is 44.0 Å². The third kappa shape index (κ3) is 2.79. The smallest absolute Gasteiger partial charge is 0.293 e. The third-order valence-corrected chi connectivity index (χ3v) is 5.04. The van der Waals surface area contributed by atoms with Gasteiger partial charge >= 0.3 is 0 Å². The second kappa shape index (κ2) is 6.20. The van der Waals surface area contributed by atoms with Crippen molar-refractivity contribution < 1.29 is 14.0 Å². The van der Waals surface area contributed by atoms with E-state index in [1.165, 1.54) is 17.7 Å². The molecule has 0 bridgehead atoms. The Morgan fingerprint density at radius 2 is 2.05 bits per heavy atom. The summed E-state index contributed by atoms with van der Waals surface area (Å²) in [4.78, 5) is 28.3. The van der Waals surface area contributed by atoms with Gasteiger partial charge in [0.05, 0.1) is 4.91 Å². The van der Waals surface area contributed by atoms with E-state index < -0.39 is 0 Å². The van der Waals surface area contributed by atoms with E-state index in [1.54, 1.807) is 6.08 Å². The van der Waals surface area contributed by atoms with Crippen LogP contribution in [0, 0.1) is 0 Å². The van der Waals surface area contributed by atoms with Crippen LogP contribution in [0.4, 0.5) is 10.7 Å². The van der Waals surface area contributed by atoms with Crippen LogP contribution in [0.15, 0.2) is 21.5 Å². The zero-order chi connectivity index (χ0) is 15.7. The van der Waals surface area contributed by atoms with Crippen molar-refractivity contribution in [3.05, 3.63) is 22.8 Å². The second-order valence-electron chi connectivity index (χ2n) is 5.68. The van der Waals surface area contributed by atoms with Crippen molar-refractivity contribution in [3.63, 3.8) is 0 Å². The standard InChI is InChI=1S/C16H20N2O3S/c1-3-11(2)18-15(19)13(22-16(18)20)10-12-6-7-14(21-12)17-8-4-5-9-17/h6-7,10-11H,3-5,8-9H2,1-2H3/b13-10-. The lowest BCUT2D eigenvalue weighted by Crippen LogP contribution is -2.36. The minimum Gasteiger partial charge on any atom is -0.441 e. The summed E-state index contributed by atoms with van der Waals surface area (Å²) >= 11 is 0.987. The van der Waals surface area contributed by atoms with Crippen molar-refractivity contribution in [1.82, 2.24) is 4.90 Å². The van der Waals surface area contributed by atoms with E-state index >= 15 is 0 Å². The Morgan fingerprint density at radius 1 is 1.32 bits per heavy atom. The molecule has 0 N–H and O–H groups in total.